The van der Waals surface area contributed by atoms with Gasteiger partial charge in [0.05, 0.1) is 121 Å². The Balaban J connectivity index is 0.760. The molecule has 25 heteroatoms. The molecular formula is C72H88N8O17. The van der Waals surface area contributed by atoms with E-state index in [9.17, 15) is 38.7 Å². The average molecular weight is 1340 g/mol. The number of carbonyl (C=O) groups excluding carboxylic acids is 7. The van der Waals surface area contributed by atoms with E-state index < -0.39 is 54.1 Å². The maximum absolute atomic E-state index is 14.4. The highest BCUT2D eigenvalue weighted by atomic mass is 16.6. The SMILES string of the molecule is C/C=C/C1=CN2C(=O)c3cc(OC)c(OCCCOc4cc5c(cc4OC)C(=O)N4C=C(/C=C/C)C[C@H]4[C@H](O)N5C(=O)OCc4ccc(NC(=O)[C@H](C)NC(=O)[C@@H](NC(=O)CCOCCOCCOCCOCCNC(=O)CC5=CC=CC=CC=C5)C(C)C)cc4)cc3N=C[C@@H]2C1. The van der Waals surface area contributed by atoms with Crippen molar-refractivity contribution >= 4 is 64.8 Å². The van der Waals surface area contributed by atoms with Gasteiger partial charge in [0.2, 0.25) is 23.6 Å². The summed E-state index contributed by atoms with van der Waals surface area (Å²) >= 11 is 0. The van der Waals surface area contributed by atoms with Gasteiger partial charge < -0.3 is 78.8 Å². The van der Waals surface area contributed by atoms with Crippen LogP contribution in [-0.2, 0) is 49.5 Å². The number of allylic oxidation sites excluding steroid dienone is 11. The van der Waals surface area contributed by atoms with Crippen LogP contribution >= 0.6 is 0 Å². The summed E-state index contributed by atoms with van der Waals surface area (Å²) in [6.07, 6.45) is 25.1. The van der Waals surface area contributed by atoms with Gasteiger partial charge in [0.1, 0.15) is 18.7 Å². The Morgan fingerprint density at radius 1 is 0.670 bits per heavy atom. The highest BCUT2D eigenvalue weighted by Gasteiger charge is 2.45. The normalized spacial score (nSPS) is 17.6. The predicted molar refractivity (Wildman–Crippen MR) is 364 cm³/mol. The zero-order chi connectivity index (χ0) is 69.2. The van der Waals surface area contributed by atoms with E-state index in [1.807, 2.05) is 86.9 Å². The maximum Gasteiger partial charge on any atom is 0.416 e. The van der Waals surface area contributed by atoms with Gasteiger partial charge in [-0.15, -0.1) is 0 Å². The molecule has 5 N–H and O–H groups in total. The molecular weight excluding hydrogens is 1250 g/mol. The largest absolute Gasteiger partial charge is 0.493 e. The van der Waals surface area contributed by atoms with Crippen molar-refractivity contribution in [3.63, 3.8) is 0 Å². The van der Waals surface area contributed by atoms with Crippen molar-refractivity contribution in [3.05, 3.63) is 161 Å². The van der Waals surface area contributed by atoms with Crippen molar-refractivity contribution in [2.45, 2.75) is 104 Å². The number of fused-ring (bicyclic) bond motifs is 4. The Hall–Kier alpha value is -9.66. The third-order valence-electron chi connectivity index (χ3n) is 15.9. The first kappa shape index (κ1) is 73.2. The molecule has 0 saturated heterocycles. The van der Waals surface area contributed by atoms with Gasteiger partial charge in [-0.3, -0.25) is 33.8 Å². The van der Waals surface area contributed by atoms with E-state index in [-0.39, 0.29) is 105 Å². The lowest BCUT2D eigenvalue weighted by molar-refractivity contribution is -0.132. The topological polar surface area (TPSA) is 293 Å². The minimum Gasteiger partial charge on any atom is -0.493 e. The van der Waals surface area contributed by atoms with Gasteiger partial charge in [-0.25, -0.2) is 9.69 Å². The van der Waals surface area contributed by atoms with Crippen LogP contribution in [0.15, 0.2) is 149 Å². The Labute approximate surface area is 565 Å². The van der Waals surface area contributed by atoms with Gasteiger partial charge in [0, 0.05) is 55.8 Å². The number of nitrogens with zero attached hydrogens (tertiary/aromatic N) is 4. The van der Waals surface area contributed by atoms with Crippen LogP contribution in [0.25, 0.3) is 0 Å². The van der Waals surface area contributed by atoms with Gasteiger partial charge in [-0.2, -0.15) is 0 Å². The summed E-state index contributed by atoms with van der Waals surface area (Å²) in [5.74, 6) is -1.48. The minimum absolute atomic E-state index is 0.00982. The zero-order valence-corrected chi connectivity index (χ0v) is 56.0. The van der Waals surface area contributed by atoms with Crippen LogP contribution in [0.3, 0.4) is 0 Å². The van der Waals surface area contributed by atoms with Gasteiger partial charge in [0.15, 0.2) is 29.2 Å². The fourth-order valence-electron chi connectivity index (χ4n) is 10.9. The number of methoxy groups -OCH3 is 2. The molecule has 0 aromatic heterocycles. The summed E-state index contributed by atoms with van der Waals surface area (Å²) in [4.78, 5) is 103. The van der Waals surface area contributed by atoms with Gasteiger partial charge in [-0.1, -0.05) is 92.8 Å². The predicted octanol–water partition coefficient (Wildman–Crippen LogP) is 8.25. The molecule has 5 atom stereocenters. The molecule has 0 spiro atoms. The number of nitrogens with one attached hydrogen (secondary N) is 4. The van der Waals surface area contributed by atoms with Crippen LogP contribution < -0.4 is 45.1 Å². The molecule has 7 amide bonds. The summed E-state index contributed by atoms with van der Waals surface area (Å²) in [7, 11) is 2.91. The summed E-state index contributed by atoms with van der Waals surface area (Å²) in [5, 5.41) is 23.2. The van der Waals surface area contributed by atoms with E-state index in [2.05, 4.69) is 26.3 Å². The van der Waals surface area contributed by atoms with Gasteiger partial charge in [0.25, 0.3) is 11.8 Å². The molecule has 5 aliphatic rings. The molecule has 3 aromatic carbocycles. The highest BCUT2D eigenvalue weighted by Crippen LogP contribution is 2.43. The average Bonchev–Trinajstić information content (AvgIpc) is 1.67. The second-order valence-electron chi connectivity index (χ2n) is 23.4. The number of hydrogen-bond acceptors (Lipinski definition) is 18. The molecule has 97 heavy (non-hydrogen) atoms. The molecule has 1 aliphatic carbocycles. The van der Waals surface area contributed by atoms with Crippen molar-refractivity contribution in [2.24, 2.45) is 10.9 Å². The number of aliphatic hydroxyl groups is 1. The van der Waals surface area contributed by atoms with E-state index in [0.29, 0.717) is 86.4 Å². The summed E-state index contributed by atoms with van der Waals surface area (Å²) in [6.45, 7) is 11.6. The first-order chi connectivity index (χ1) is 47.0. The number of ether oxygens (including phenoxy) is 9. The van der Waals surface area contributed by atoms with Crippen molar-refractivity contribution in [1.29, 1.82) is 0 Å². The highest BCUT2D eigenvalue weighted by molar-refractivity contribution is 6.07. The maximum atomic E-state index is 14.4. The van der Waals surface area contributed by atoms with Crippen molar-refractivity contribution in [3.8, 4) is 23.0 Å². The lowest BCUT2D eigenvalue weighted by Gasteiger charge is -2.31. The number of carbonyl (C=O) groups is 7. The molecule has 518 valence electrons. The molecule has 4 heterocycles. The van der Waals surface area contributed by atoms with Gasteiger partial charge in [-0.05, 0) is 86.1 Å². The number of hydrogen-bond donors (Lipinski definition) is 5. The van der Waals surface area contributed by atoms with Crippen molar-refractivity contribution in [1.82, 2.24) is 25.8 Å². The Morgan fingerprint density at radius 2 is 1.28 bits per heavy atom. The summed E-state index contributed by atoms with van der Waals surface area (Å²) < 4.78 is 51.8. The Morgan fingerprint density at radius 3 is 1.95 bits per heavy atom. The van der Waals surface area contributed by atoms with Crippen molar-refractivity contribution < 1.29 is 81.3 Å². The monoisotopic (exact) mass is 1340 g/mol. The van der Waals surface area contributed by atoms with E-state index in [4.69, 9.17) is 42.6 Å². The number of amides is 7. The van der Waals surface area contributed by atoms with Gasteiger partial charge >= 0.3 is 6.09 Å². The third-order valence-corrected chi connectivity index (χ3v) is 15.9. The van der Waals surface area contributed by atoms with E-state index >= 15 is 0 Å². The standard InChI is InChI=1S/C72H88N8O17/c1-8-16-51-36-54-43-74-57-41-62(60(89-6)39-55(57)69(85)78(54)44-51)95-26-15-27-96-63-42-58-56(40-61(63)90-7)70(86)79-45-52(17-9-2)37-59(79)71(87)80(58)72(88)97-46-50-20-22-53(23-21-50)76-67(83)48(5)75-68(84)66(47(3)4)77-64(81)24-28-91-30-32-93-34-35-94-33-31-92-29-25-73-65(82)38-49-18-13-11-10-12-14-19-49/h8-14,16-23,39-45,47-48,54,59,66,71,87H,15,24-38,46H2,1-7H3,(H,73,82)(H,75,84)(H,76,83)(H,77,81)/b11-10?,12-10?,13-11?,14-12?,16-8+,17-9+,18-13?,19-14?,49-18?,49-19?/t48-,54-,59-,66-,71-/m0/s1. The van der Waals surface area contributed by atoms with E-state index in [1.165, 1.54) is 38.2 Å². The zero-order valence-electron chi connectivity index (χ0n) is 56.0. The van der Waals surface area contributed by atoms with E-state index in [0.717, 1.165) is 21.6 Å². The molecule has 8 rings (SSSR count). The summed E-state index contributed by atoms with van der Waals surface area (Å²) in [6, 6.07) is 9.64. The molecule has 3 aromatic rings. The van der Waals surface area contributed by atoms with Crippen LogP contribution in [-0.4, -0.2) is 180 Å². The minimum atomic E-state index is -1.58. The number of benzene rings is 3. The number of anilines is 2. The summed E-state index contributed by atoms with van der Waals surface area (Å²) in [5.41, 5.74) is 4.50. The lowest BCUT2D eigenvalue weighted by atomic mass is 10.0. The fraction of sp³-hybridized carbons (Fsp3) is 0.417. The van der Waals surface area contributed by atoms with Crippen LogP contribution in [0, 0.1) is 5.92 Å². The van der Waals surface area contributed by atoms with E-state index in [1.54, 1.807) is 67.6 Å². The Kier molecular flexibility index (Phi) is 27.9. The van der Waals surface area contributed by atoms with Crippen LogP contribution in [0.1, 0.15) is 93.0 Å². The molecule has 0 fully saturated rings. The number of rotatable bonds is 35. The molecule has 0 saturated carbocycles. The quantitative estimate of drug-likeness (QED) is 0.0346. The number of aliphatic hydroxyl groups excluding tert-OH is 1. The molecule has 25 nitrogen and oxygen atoms in total. The fourth-order valence-corrected chi connectivity index (χ4v) is 10.9. The molecule has 0 radical (unpaired) electrons. The second-order valence-corrected chi connectivity index (χ2v) is 23.4. The number of aliphatic imine (C=N–C) groups is 1. The van der Waals surface area contributed by atoms with Crippen LogP contribution in [0.2, 0.25) is 0 Å². The van der Waals surface area contributed by atoms with Crippen molar-refractivity contribution in [2.75, 3.05) is 97.0 Å². The molecule has 0 bridgehead atoms. The van der Waals surface area contributed by atoms with Crippen LogP contribution in [0.5, 0.6) is 23.0 Å². The first-order valence-electron chi connectivity index (χ1n) is 32.5. The molecule has 0 unspecified atom stereocenters. The molecule has 4 aliphatic heterocycles. The Bertz CT molecular complexity index is 3570. The smallest absolute Gasteiger partial charge is 0.416 e. The second kappa shape index (κ2) is 37.0. The third kappa shape index (κ3) is 20.7. The first-order valence-corrected chi connectivity index (χ1v) is 32.5. The lowest BCUT2D eigenvalue weighted by Crippen LogP contribution is -2.53. The van der Waals surface area contributed by atoms with Crippen LogP contribution in [0.4, 0.5) is 21.9 Å².